The quantitative estimate of drug-likeness (QED) is 0.287. The highest BCUT2D eigenvalue weighted by molar-refractivity contribution is 8.14. The smallest absolute Gasteiger partial charge is 0.227 e. The third-order valence-electron chi connectivity index (χ3n) is 0.955. The predicted octanol–water partition coefficient (Wildman–Crippen LogP) is 0.649. The second-order valence-corrected chi connectivity index (χ2v) is 3.34. The molecule has 0 atom stereocenters. The molecule has 0 aromatic rings. The van der Waals surface area contributed by atoms with E-state index in [-0.39, 0.29) is 11.7 Å². The minimum Gasteiger partial charge on any atom is -0.410 e. The fourth-order valence-corrected chi connectivity index (χ4v) is 1.14. The summed E-state index contributed by atoms with van der Waals surface area (Å²) in [5.74, 6) is -0.112. The minimum atomic E-state index is -0.406. The highest BCUT2D eigenvalue weighted by atomic mass is 32.2. The Morgan fingerprint density at radius 2 is 2.27 bits per heavy atom. The van der Waals surface area contributed by atoms with E-state index in [1.807, 2.05) is 13.8 Å². The second kappa shape index (κ2) is 5.01. The maximum Gasteiger partial charge on any atom is 0.227 e. The standard InChI is InChI=1S/C6H12N2O2S/c1-4(2)6(8-10)11-3-5(7)9/h4,10H,3H2,1-2H3,(H2,7,9)/b8-6+. The molecule has 0 aliphatic carbocycles. The number of primary amides is 1. The van der Waals surface area contributed by atoms with Gasteiger partial charge >= 0.3 is 0 Å². The summed E-state index contributed by atoms with van der Waals surface area (Å²) in [5.41, 5.74) is 4.90. The van der Waals surface area contributed by atoms with E-state index >= 15 is 0 Å². The van der Waals surface area contributed by atoms with Crippen molar-refractivity contribution in [3.63, 3.8) is 0 Å². The van der Waals surface area contributed by atoms with Crippen LogP contribution >= 0.6 is 11.8 Å². The van der Waals surface area contributed by atoms with E-state index in [0.29, 0.717) is 5.04 Å². The molecule has 0 saturated heterocycles. The van der Waals surface area contributed by atoms with Crippen LogP contribution in [0.5, 0.6) is 0 Å². The lowest BCUT2D eigenvalue weighted by atomic mass is 10.2. The number of hydrogen-bond donors (Lipinski definition) is 2. The summed E-state index contributed by atoms with van der Waals surface area (Å²) in [6.07, 6.45) is 0. The largest absolute Gasteiger partial charge is 0.410 e. The molecular formula is C6H12N2O2S. The molecule has 11 heavy (non-hydrogen) atoms. The maximum atomic E-state index is 10.3. The molecule has 5 heteroatoms. The van der Waals surface area contributed by atoms with Crippen LogP contribution in [-0.2, 0) is 4.79 Å². The highest BCUT2D eigenvalue weighted by Crippen LogP contribution is 2.11. The molecule has 0 heterocycles. The number of thioether (sulfide) groups is 1. The van der Waals surface area contributed by atoms with E-state index in [1.165, 1.54) is 0 Å². The van der Waals surface area contributed by atoms with Crippen molar-refractivity contribution in [2.45, 2.75) is 13.8 Å². The van der Waals surface area contributed by atoms with Crippen LogP contribution in [0.2, 0.25) is 0 Å². The van der Waals surface area contributed by atoms with Gasteiger partial charge in [0.05, 0.1) is 5.75 Å². The van der Waals surface area contributed by atoms with Crippen molar-refractivity contribution in [2.75, 3.05) is 5.75 Å². The Kier molecular flexibility index (Phi) is 4.69. The van der Waals surface area contributed by atoms with Gasteiger partial charge in [-0.15, -0.1) is 0 Å². The summed E-state index contributed by atoms with van der Waals surface area (Å²) in [6, 6.07) is 0. The van der Waals surface area contributed by atoms with Crippen LogP contribution in [0, 0.1) is 5.92 Å². The number of rotatable bonds is 3. The summed E-state index contributed by atoms with van der Waals surface area (Å²) >= 11 is 1.16. The van der Waals surface area contributed by atoms with Gasteiger partial charge < -0.3 is 10.9 Å². The summed E-state index contributed by atoms with van der Waals surface area (Å²) in [6.45, 7) is 3.76. The van der Waals surface area contributed by atoms with Gasteiger partial charge in [0.1, 0.15) is 5.04 Å². The molecule has 3 N–H and O–H groups in total. The lowest BCUT2D eigenvalue weighted by Gasteiger charge is -2.04. The SMILES string of the molecule is CC(C)/C(=N\O)SCC(N)=O. The van der Waals surface area contributed by atoms with Gasteiger partial charge in [0.25, 0.3) is 0 Å². The van der Waals surface area contributed by atoms with Crippen LogP contribution < -0.4 is 5.73 Å². The summed E-state index contributed by atoms with van der Waals surface area (Å²) in [4.78, 5) is 10.3. The van der Waals surface area contributed by atoms with Crippen molar-refractivity contribution >= 4 is 22.7 Å². The molecule has 0 fully saturated rings. The number of nitrogens with zero attached hydrogens (tertiary/aromatic N) is 1. The molecule has 0 aromatic carbocycles. The number of carbonyl (C=O) groups is 1. The number of hydrogen-bond acceptors (Lipinski definition) is 4. The van der Waals surface area contributed by atoms with Gasteiger partial charge in [-0.1, -0.05) is 30.8 Å². The molecule has 0 aliphatic rings. The maximum absolute atomic E-state index is 10.3. The average molecular weight is 176 g/mol. The van der Waals surface area contributed by atoms with Gasteiger partial charge in [-0.2, -0.15) is 0 Å². The van der Waals surface area contributed by atoms with E-state index in [4.69, 9.17) is 10.9 Å². The number of nitrogens with two attached hydrogens (primary N) is 1. The zero-order valence-corrected chi connectivity index (χ0v) is 7.39. The lowest BCUT2D eigenvalue weighted by Crippen LogP contribution is -2.16. The van der Waals surface area contributed by atoms with Gasteiger partial charge in [-0.05, 0) is 0 Å². The molecule has 0 spiro atoms. The first-order valence-electron chi connectivity index (χ1n) is 3.21. The van der Waals surface area contributed by atoms with Gasteiger partial charge in [-0.3, -0.25) is 4.79 Å². The van der Waals surface area contributed by atoms with Crippen molar-refractivity contribution < 1.29 is 10.0 Å². The Hall–Kier alpha value is -0.710. The van der Waals surface area contributed by atoms with Crippen molar-refractivity contribution in [1.29, 1.82) is 0 Å². The Bertz CT molecular complexity index is 168. The van der Waals surface area contributed by atoms with Crippen LogP contribution in [0.25, 0.3) is 0 Å². The number of carbonyl (C=O) groups excluding carboxylic acids is 1. The Morgan fingerprint density at radius 3 is 2.55 bits per heavy atom. The van der Waals surface area contributed by atoms with Crippen LogP contribution in [0.1, 0.15) is 13.8 Å². The van der Waals surface area contributed by atoms with Gasteiger partial charge in [-0.25, -0.2) is 0 Å². The molecule has 0 rings (SSSR count). The van der Waals surface area contributed by atoms with E-state index in [2.05, 4.69) is 5.16 Å². The second-order valence-electron chi connectivity index (χ2n) is 2.35. The van der Waals surface area contributed by atoms with Gasteiger partial charge in [0.15, 0.2) is 0 Å². The summed E-state index contributed by atoms with van der Waals surface area (Å²) in [5, 5.41) is 12.0. The van der Waals surface area contributed by atoms with E-state index < -0.39 is 5.91 Å². The fraction of sp³-hybridized carbons (Fsp3) is 0.667. The molecule has 0 aliphatic heterocycles. The van der Waals surface area contributed by atoms with Gasteiger partial charge in [0, 0.05) is 5.92 Å². The molecule has 0 radical (unpaired) electrons. The molecule has 64 valence electrons. The predicted molar refractivity (Wildman–Crippen MR) is 45.7 cm³/mol. The highest BCUT2D eigenvalue weighted by Gasteiger charge is 2.07. The first-order chi connectivity index (χ1) is 5.07. The van der Waals surface area contributed by atoms with E-state index in [9.17, 15) is 4.79 Å². The lowest BCUT2D eigenvalue weighted by molar-refractivity contribution is -0.115. The van der Waals surface area contributed by atoms with Crippen LogP contribution in [0.15, 0.2) is 5.16 Å². The first-order valence-corrected chi connectivity index (χ1v) is 4.19. The van der Waals surface area contributed by atoms with Crippen molar-refractivity contribution in [1.82, 2.24) is 0 Å². The average Bonchev–Trinajstić information content (AvgIpc) is 1.87. The minimum absolute atomic E-state index is 0.129. The number of amides is 1. The Labute approximate surface area is 69.8 Å². The summed E-state index contributed by atoms with van der Waals surface area (Å²) < 4.78 is 0. The molecule has 0 saturated carbocycles. The van der Waals surface area contributed by atoms with Crippen molar-refractivity contribution in [3.05, 3.63) is 0 Å². The van der Waals surface area contributed by atoms with E-state index in [1.54, 1.807) is 0 Å². The molecular weight excluding hydrogens is 164 g/mol. The molecule has 1 amide bonds. The molecule has 4 nitrogen and oxygen atoms in total. The van der Waals surface area contributed by atoms with Crippen LogP contribution in [0.3, 0.4) is 0 Å². The zero-order chi connectivity index (χ0) is 8.85. The molecule has 0 unspecified atom stereocenters. The van der Waals surface area contributed by atoms with E-state index in [0.717, 1.165) is 11.8 Å². The third-order valence-corrected chi connectivity index (χ3v) is 2.23. The Morgan fingerprint density at radius 1 is 1.73 bits per heavy atom. The molecule has 0 aromatic heterocycles. The topological polar surface area (TPSA) is 75.7 Å². The Balaban J connectivity index is 3.81. The molecule has 0 bridgehead atoms. The van der Waals surface area contributed by atoms with Crippen molar-refractivity contribution in [2.24, 2.45) is 16.8 Å². The zero-order valence-electron chi connectivity index (χ0n) is 6.57. The van der Waals surface area contributed by atoms with Crippen molar-refractivity contribution in [3.8, 4) is 0 Å². The first kappa shape index (κ1) is 10.3. The van der Waals surface area contributed by atoms with Crippen LogP contribution in [-0.4, -0.2) is 21.9 Å². The number of oxime groups is 1. The fourth-order valence-electron chi connectivity index (χ4n) is 0.456. The van der Waals surface area contributed by atoms with Gasteiger partial charge in [0.2, 0.25) is 5.91 Å². The third kappa shape index (κ3) is 4.66. The monoisotopic (exact) mass is 176 g/mol. The normalized spacial score (nSPS) is 12.1. The summed E-state index contributed by atoms with van der Waals surface area (Å²) in [7, 11) is 0. The van der Waals surface area contributed by atoms with Crippen LogP contribution in [0.4, 0.5) is 0 Å².